The zero-order valence-electron chi connectivity index (χ0n) is 11.2. The molecule has 2 unspecified atom stereocenters. The summed E-state index contributed by atoms with van der Waals surface area (Å²) in [7, 11) is 0. The Hall–Kier alpha value is -0.290. The van der Waals surface area contributed by atoms with Gasteiger partial charge in [0.25, 0.3) is 0 Å². The number of nitrogens with zero attached hydrogens (tertiary/aromatic N) is 1. The first-order valence-corrected chi connectivity index (χ1v) is 6.97. The molecule has 1 N–H and O–H groups in total. The summed E-state index contributed by atoms with van der Waals surface area (Å²) in [6.07, 6.45) is -0.890. The SMILES string of the molecule is CCC1CCN(C2(C(F)(F)F)CC2)CCC(C)N1. The molecule has 0 amide bonds. The van der Waals surface area contributed by atoms with Gasteiger partial charge in [0.05, 0.1) is 0 Å². The summed E-state index contributed by atoms with van der Waals surface area (Å²) in [5.41, 5.74) is -1.48. The van der Waals surface area contributed by atoms with Crippen LogP contribution in [0.4, 0.5) is 13.2 Å². The first-order valence-electron chi connectivity index (χ1n) is 6.97. The van der Waals surface area contributed by atoms with E-state index in [0.717, 1.165) is 19.3 Å². The molecule has 1 aliphatic heterocycles. The number of hydrogen-bond acceptors (Lipinski definition) is 2. The zero-order chi connectivity index (χ0) is 13.4. The molecular formula is C13H23F3N2. The van der Waals surface area contributed by atoms with E-state index >= 15 is 0 Å². The van der Waals surface area contributed by atoms with Crippen LogP contribution in [0.2, 0.25) is 0 Å². The van der Waals surface area contributed by atoms with Crippen LogP contribution in [0.5, 0.6) is 0 Å². The molecule has 1 saturated heterocycles. The second-order valence-corrected chi connectivity index (χ2v) is 5.77. The van der Waals surface area contributed by atoms with Gasteiger partial charge < -0.3 is 5.32 Å². The van der Waals surface area contributed by atoms with E-state index in [-0.39, 0.29) is 12.8 Å². The highest BCUT2D eigenvalue weighted by molar-refractivity contribution is 5.09. The molecule has 0 aromatic rings. The van der Waals surface area contributed by atoms with Crippen LogP contribution in [0.15, 0.2) is 0 Å². The second kappa shape index (κ2) is 5.00. The van der Waals surface area contributed by atoms with Crippen LogP contribution in [-0.4, -0.2) is 41.8 Å². The van der Waals surface area contributed by atoms with Gasteiger partial charge in [-0.1, -0.05) is 6.92 Å². The van der Waals surface area contributed by atoms with Crippen LogP contribution in [0.25, 0.3) is 0 Å². The summed E-state index contributed by atoms with van der Waals surface area (Å²) < 4.78 is 39.4. The van der Waals surface area contributed by atoms with Gasteiger partial charge in [-0.15, -0.1) is 0 Å². The quantitative estimate of drug-likeness (QED) is 0.825. The third kappa shape index (κ3) is 2.67. The Labute approximate surface area is 107 Å². The first kappa shape index (κ1) is 14.1. The molecule has 18 heavy (non-hydrogen) atoms. The first-order chi connectivity index (χ1) is 8.39. The Morgan fingerprint density at radius 2 is 1.83 bits per heavy atom. The summed E-state index contributed by atoms with van der Waals surface area (Å²) >= 11 is 0. The van der Waals surface area contributed by atoms with Crippen LogP contribution >= 0.6 is 0 Å². The van der Waals surface area contributed by atoms with Crippen molar-refractivity contribution in [2.75, 3.05) is 13.1 Å². The van der Waals surface area contributed by atoms with E-state index in [1.807, 2.05) is 0 Å². The van der Waals surface area contributed by atoms with Crippen molar-refractivity contribution in [2.45, 2.75) is 69.8 Å². The molecule has 0 radical (unpaired) electrons. The van der Waals surface area contributed by atoms with Gasteiger partial charge in [0.15, 0.2) is 0 Å². The molecule has 0 spiro atoms. The van der Waals surface area contributed by atoms with E-state index in [4.69, 9.17) is 0 Å². The molecule has 106 valence electrons. The van der Waals surface area contributed by atoms with Gasteiger partial charge in [-0.3, -0.25) is 4.90 Å². The lowest BCUT2D eigenvalue weighted by Crippen LogP contribution is -2.53. The van der Waals surface area contributed by atoms with Crippen molar-refractivity contribution < 1.29 is 13.2 Å². The molecule has 1 aliphatic carbocycles. The Bertz CT molecular complexity index is 286. The topological polar surface area (TPSA) is 15.3 Å². The van der Waals surface area contributed by atoms with Crippen LogP contribution in [0, 0.1) is 0 Å². The van der Waals surface area contributed by atoms with E-state index in [1.54, 1.807) is 4.90 Å². The molecule has 0 bridgehead atoms. The molecule has 2 atom stereocenters. The van der Waals surface area contributed by atoms with Crippen molar-refractivity contribution in [1.29, 1.82) is 0 Å². The third-order valence-corrected chi connectivity index (χ3v) is 4.45. The van der Waals surface area contributed by atoms with Crippen molar-refractivity contribution in [1.82, 2.24) is 10.2 Å². The molecule has 0 aromatic carbocycles. The molecule has 0 aromatic heterocycles. The molecule has 2 nitrogen and oxygen atoms in total. The molecule has 2 fully saturated rings. The fourth-order valence-corrected chi connectivity index (χ4v) is 2.99. The van der Waals surface area contributed by atoms with Crippen molar-refractivity contribution in [3.05, 3.63) is 0 Å². The summed E-state index contributed by atoms with van der Waals surface area (Å²) in [6.45, 7) is 5.29. The number of rotatable bonds is 2. The van der Waals surface area contributed by atoms with Crippen molar-refractivity contribution >= 4 is 0 Å². The van der Waals surface area contributed by atoms with E-state index in [0.29, 0.717) is 25.2 Å². The Balaban J connectivity index is 2.05. The fraction of sp³-hybridized carbons (Fsp3) is 1.00. The largest absolute Gasteiger partial charge is 0.406 e. The third-order valence-electron chi connectivity index (χ3n) is 4.45. The lowest BCUT2D eigenvalue weighted by atomic mass is 10.0. The maximum absolute atomic E-state index is 13.1. The summed E-state index contributed by atoms with van der Waals surface area (Å²) in [5, 5.41) is 3.49. The van der Waals surface area contributed by atoms with Gasteiger partial charge >= 0.3 is 6.18 Å². The van der Waals surface area contributed by atoms with Crippen LogP contribution in [0.1, 0.15) is 46.0 Å². The zero-order valence-corrected chi connectivity index (χ0v) is 11.2. The number of alkyl halides is 3. The van der Waals surface area contributed by atoms with Gasteiger partial charge in [0.1, 0.15) is 5.54 Å². The molecule has 1 heterocycles. The minimum absolute atomic E-state index is 0.287. The normalized spacial score (nSPS) is 33.8. The van der Waals surface area contributed by atoms with E-state index in [2.05, 4.69) is 19.2 Å². The summed E-state index contributed by atoms with van der Waals surface area (Å²) in [5.74, 6) is 0. The maximum Gasteiger partial charge on any atom is 0.406 e. The predicted octanol–water partition coefficient (Wildman–Crippen LogP) is 2.93. The minimum atomic E-state index is -4.06. The Kier molecular flexibility index (Phi) is 3.93. The number of nitrogens with one attached hydrogen (secondary N) is 1. The van der Waals surface area contributed by atoms with E-state index in [9.17, 15) is 13.2 Å². The van der Waals surface area contributed by atoms with E-state index in [1.165, 1.54) is 0 Å². The van der Waals surface area contributed by atoms with Gasteiger partial charge in [-0.25, -0.2) is 0 Å². The van der Waals surface area contributed by atoms with E-state index < -0.39 is 11.7 Å². The van der Waals surface area contributed by atoms with Gasteiger partial charge in [-0.05, 0) is 39.0 Å². The van der Waals surface area contributed by atoms with Crippen molar-refractivity contribution in [2.24, 2.45) is 0 Å². The van der Waals surface area contributed by atoms with Gasteiger partial charge in [0, 0.05) is 25.2 Å². The lowest BCUT2D eigenvalue weighted by molar-refractivity contribution is -0.197. The molecule has 2 aliphatic rings. The average molecular weight is 264 g/mol. The van der Waals surface area contributed by atoms with Crippen LogP contribution < -0.4 is 5.32 Å². The number of hydrogen-bond donors (Lipinski definition) is 1. The highest BCUT2D eigenvalue weighted by atomic mass is 19.4. The molecule has 1 saturated carbocycles. The number of halogens is 3. The fourth-order valence-electron chi connectivity index (χ4n) is 2.99. The highest BCUT2D eigenvalue weighted by Crippen LogP contribution is 2.53. The van der Waals surface area contributed by atoms with Crippen LogP contribution in [-0.2, 0) is 0 Å². The monoisotopic (exact) mass is 264 g/mol. The maximum atomic E-state index is 13.1. The van der Waals surface area contributed by atoms with Crippen molar-refractivity contribution in [3.63, 3.8) is 0 Å². The summed E-state index contributed by atoms with van der Waals surface area (Å²) in [4.78, 5) is 1.70. The Morgan fingerprint density at radius 3 is 2.33 bits per heavy atom. The smallest absolute Gasteiger partial charge is 0.311 e. The molecular weight excluding hydrogens is 241 g/mol. The van der Waals surface area contributed by atoms with Crippen LogP contribution in [0.3, 0.4) is 0 Å². The summed E-state index contributed by atoms with van der Waals surface area (Å²) in [6, 6.07) is 0.661. The lowest BCUT2D eigenvalue weighted by Gasteiger charge is -2.38. The minimum Gasteiger partial charge on any atom is -0.311 e. The second-order valence-electron chi connectivity index (χ2n) is 5.77. The Morgan fingerprint density at radius 1 is 1.22 bits per heavy atom. The molecule has 2 rings (SSSR count). The van der Waals surface area contributed by atoms with Gasteiger partial charge in [-0.2, -0.15) is 13.2 Å². The standard InChI is InChI=1S/C13H23F3N2/c1-3-11-5-9-18(8-4-10(2)17-11)12(6-7-12)13(14,15)16/h10-11,17H,3-9H2,1-2H3. The average Bonchev–Trinajstić information content (AvgIpc) is 3.04. The predicted molar refractivity (Wildman–Crippen MR) is 65.5 cm³/mol. The highest BCUT2D eigenvalue weighted by Gasteiger charge is 2.66. The van der Waals surface area contributed by atoms with Gasteiger partial charge in [0.2, 0.25) is 0 Å². The van der Waals surface area contributed by atoms with Crippen molar-refractivity contribution in [3.8, 4) is 0 Å². The molecule has 5 heteroatoms.